The van der Waals surface area contributed by atoms with Crippen LogP contribution in [0.1, 0.15) is 0 Å². The van der Waals surface area contributed by atoms with E-state index >= 15 is 0 Å². The molecule has 9 atom stereocenters. The fourth-order valence-corrected chi connectivity index (χ4v) is 2.15. The molecule has 1 rings (SSSR count). The van der Waals surface area contributed by atoms with Gasteiger partial charge in [-0.1, -0.05) is 0 Å². The zero-order valence-electron chi connectivity index (χ0n) is 12.8. The topological polar surface area (TPSA) is 241 Å². The molecule has 0 aromatic carbocycles. The van der Waals surface area contributed by atoms with Gasteiger partial charge in [0.2, 0.25) is 0 Å². The van der Waals surface area contributed by atoms with Gasteiger partial charge in [0, 0.05) is 0 Å². The minimum Gasteiger partial charge on any atom is -0.394 e. The Morgan fingerprint density at radius 2 is 1.44 bits per heavy atom. The van der Waals surface area contributed by atoms with Crippen molar-refractivity contribution < 1.29 is 65.6 Å². The van der Waals surface area contributed by atoms with Crippen molar-refractivity contribution in [2.45, 2.75) is 61.1 Å². The molecule has 0 bridgehead atoms. The second-order valence-electron chi connectivity index (χ2n) is 5.65. The summed E-state index contributed by atoms with van der Waals surface area (Å²) in [5.74, 6) is -3.66. The highest BCUT2D eigenvalue weighted by molar-refractivity contribution is 4.90. The highest BCUT2D eigenvalue weighted by Gasteiger charge is 2.51. The standard InChI is InChI=1S/C12H24O13/c13-1-3(15)5(16)8(19)10(21)12(22,23)25-11-9(20)7(18)6(17)4(2-14)24-11/h3-11,13-23H,1-2H2/t3-,4-,5-,6-,7+,8+,9-,10-,11?/m1/s1. The Hall–Kier alpha value is -0.520. The summed E-state index contributed by atoms with van der Waals surface area (Å²) in [5, 5.41) is 104. The smallest absolute Gasteiger partial charge is 0.310 e. The zero-order chi connectivity index (χ0) is 19.5. The summed E-state index contributed by atoms with van der Waals surface area (Å²) in [7, 11) is 0. The number of ether oxygens (including phenoxy) is 2. The molecule has 0 aliphatic carbocycles. The van der Waals surface area contributed by atoms with E-state index in [1.54, 1.807) is 0 Å². The molecule has 0 spiro atoms. The van der Waals surface area contributed by atoms with Crippen molar-refractivity contribution in [2.75, 3.05) is 13.2 Å². The van der Waals surface area contributed by atoms with Gasteiger partial charge in [0.1, 0.15) is 42.7 Å². The summed E-state index contributed by atoms with van der Waals surface area (Å²) in [6.07, 6.45) is -18.4. The van der Waals surface area contributed by atoms with Gasteiger partial charge in [-0.3, -0.25) is 4.74 Å². The van der Waals surface area contributed by atoms with Crippen molar-refractivity contribution in [3.8, 4) is 0 Å². The lowest BCUT2D eigenvalue weighted by molar-refractivity contribution is -0.450. The van der Waals surface area contributed by atoms with Gasteiger partial charge in [0.25, 0.3) is 0 Å². The van der Waals surface area contributed by atoms with Crippen LogP contribution in [0.15, 0.2) is 0 Å². The predicted octanol–water partition coefficient (Wildman–Crippen LogP) is -7.12. The number of aliphatic hydroxyl groups is 11. The van der Waals surface area contributed by atoms with Crippen LogP contribution in [-0.2, 0) is 9.47 Å². The molecule has 0 aromatic heterocycles. The Labute approximate surface area is 141 Å². The summed E-state index contributed by atoms with van der Waals surface area (Å²) in [6, 6.07) is 0. The number of hydrogen-bond donors (Lipinski definition) is 11. The van der Waals surface area contributed by atoms with Crippen molar-refractivity contribution in [3.05, 3.63) is 0 Å². The maximum Gasteiger partial charge on any atom is 0.310 e. The highest BCUT2D eigenvalue weighted by atomic mass is 16.8. The van der Waals surface area contributed by atoms with Crippen LogP contribution in [0.2, 0.25) is 0 Å². The molecule has 1 aliphatic heterocycles. The van der Waals surface area contributed by atoms with E-state index in [4.69, 9.17) is 14.9 Å². The van der Waals surface area contributed by atoms with Gasteiger partial charge in [-0.2, -0.15) is 0 Å². The van der Waals surface area contributed by atoms with E-state index < -0.39 is 74.3 Å². The Kier molecular flexibility index (Phi) is 8.03. The maximum atomic E-state index is 9.71. The van der Waals surface area contributed by atoms with Crippen LogP contribution in [0, 0.1) is 0 Å². The number of hydrogen-bond acceptors (Lipinski definition) is 13. The second kappa shape index (κ2) is 8.92. The lowest BCUT2D eigenvalue weighted by Crippen LogP contribution is -2.64. The minimum atomic E-state index is -3.66. The Morgan fingerprint density at radius 1 is 0.880 bits per heavy atom. The van der Waals surface area contributed by atoms with Crippen molar-refractivity contribution in [1.82, 2.24) is 0 Å². The van der Waals surface area contributed by atoms with E-state index in [0.717, 1.165) is 0 Å². The maximum absolute atomic E-state index is 9.71. The van der Waals surface area contributed by atoms with Crippen LogP contribution in [-0.4, -0.2) is 130 Å². The van der Waals surface area contributed by atoms with Crippen LogP contribution >= 0.6 is 0 Å². The molecule has 0 amide bonds. The van der Waals surface area contributed by atoms with Crippen LogP contribution in [0.5, 0.6) is 0 Å². The van der Waals surface area contributed by atoms with Crippen molar-refractivity contribution in [3.63, 3.8) is 0 Å². The molecule has 13 nitrogen and oxygen atoms in total. The SMILES string of the molecule is OC[C@@H](O)[C@@H](O)[C@H](O)[C@@H](O)C(O)(O)OC1O[C@H](CO)[C@@H](O)[C@H](O)[C@H]1O. The quantitative estimate of drug-likeness (QED) is 0.177. The third-order valence-corrected chi connectivity index (χ3v) is 3.78. The summed E-state index contributed by atoms with van der Waals surface area (Å²) < 4.78 is 9.31. The summed E-state index contributed by atoms with van der Waals surface area (Å²) in [4.78, 5) is 0. The van der Waals surface area contributed by atoms with Gasteiger partial charge in [0.05, 0.1) is 13.2 Å². The molecule has 1 unspecified atom stereocenters. The molecule has 25 heavy (non-hydrogen) atoms. The van der Waals surface area contributed by atoms with Gasteiger partial charge in [-0.25, -0.2) is 0 Å². The average Bonchev–Trinajstić information content (AvgIpc) is 2.59. The monoisotopic (exact) mass is 376 g/mol. The third kappa shape index (κ3) is 5.01. The Bertz CT molecular complexity index is 404. The molecule has 0 aromatic rings. The fourth-order valence-electron chi connectivity index (χ4n) is 2.15. The summed E-state index contributed by atoms with van der Waals surface area (Å²) in [5.41, 5.74) is 0. The van der Waals surface area contributed by atoms with Gasteiger partial charge in [-0.15, -0.1) is 0 Å². The van der Waals surface area contributed by atoms with E-state index in [1.807, 2.05) is 0 Å². The van der Waals surface area contributed by atoms with Gasteiger partial charge in [0.15, 0.2) is 12.4 Å². The van der Waals surface area contributed by atoms with Crippen molar-refractivity contribution in [1.29, 1.82) is 0 Å². The molecular formula is C12H24O13. The van der Waals surface area contributed by atoms with Crippen LogP contribution in [0.4, 0.5) is 0 Å². The van der Waals surface area contributed by atoms with E-state index in [2.05, 4.69) is 4.74 Å². The molecule has 0 saturated carbocycles. The molecule has 11 N–H and O–H groups in total. The molecule has 150 valence electrons. The lowest BCUT2D eigenvalue weighted by atomic mass is 9.99. The minimum absolute atomic E-state index is 0.832. The first-order chi connectivity index (χ1) is 11.5. The molecule has 13 heteroatoms. The van der Waals surface area contributed by atoms with E-state index in [-0.39, 0.29) is 0 Å². The normalized spacial score (nSPS) is 35.9. The van der Waals surface area contributed by atoms with Gasteiger partial charge in [-0.05, 0) is 0 Å². The molecule has 1 aliphatic rings. The average molecular weight is 376 g/mol. The van der Waals surface area contributed by atoms with E-state index in [0.29, 0.717) is 0 Å². The second-order valence-corrected chi connectivity index (χ2v) is 5.65. The first kappa shape index (κ1) is 22.5. The lowest BCUT2D eigenvalue weighted by Gasteiger charge is -2.42. The summed E-state index contributed by atoms with van der Waals surface area (Å²) in [6.45, 7) is -1.84. The predicted molar refractivity (Wildman–Crippen MR) is 73.1 cm³/mol. The Balaban J connectivity index is 2.84. The van der Waals surface area contributed by atoms with Gasteiger partial charge >= 0.3 is 5.97 Å². The highest BCUT2D eigenvalue weighted by Crippen LogP contribution is 2.26. The van der Waals surface area contributed by atoms with Gasteiger partial charge < -0.3 is 60.9 Å². The Morgan fingerprint density at radius 3 is 1.92 bits per heavy atom. The van der Waals surface area contributed by atoms with E-state index in [1.165, 1.54) is 0 Å². The first-order valence-corrected chi connectivity index (χ1v) is 7.24. The third-order valence-electron chi connectivity index (χ3n) is 3.78. The number of rotatable bonds is 8. The number of aliphatic hydroxyl groups excluding tert-OH is 9. The first-order valence-electron chi connectivity index (χ1n) is 7.24. The zero-order valence-corrected chi connectivity index (χ0v) is 12.8. The molecule has 0 radical (unpaired) electrons. The molecule has 1 fully saturated rings. The summed E-state index contributed by atoms with van der Waals surface area (Å²) >= 11 is 0. The van der Waals surface area contributed by atoms with Crippen LogP contribution < -0.4 is 0 Å². The molecular weight excluding hydrogens is 352 g/mol. The van der Waals surface area contributed by atoms with Crippen molar-refractivity contribution in [2.24, 2.45) is 0 Å². The largest absolute Gasteiger partial charge is 0.394 e. The van der Waals surface area contributed by atoms with Crippen LogP contribution in [0.3, 0.4) is 0 Å². The van der Waals surface area contributed by atoms with Crippen LogP contribution in [0.25, 0.3) is 0 Å². The fraction of sp³-hybridized carbons (Fsp3) is 1.00. The molecule has 1 heterocycles. The van der Waals surface area contributed by atoms with E-state index in [9.17, 15) is 46.0 Å². The molecule has 1 saturated heterocycles. The van der Waals surface area contributed by atoms with Crippen molar-refractivity contribution >= 4 is 0 Å².